The standard InChI is InChI=1S/C21H15ClN2O3/c1-12(20(25)16-11-23-18-5-3-2-4-15(16)18)27-21(26)14-6-8-17-13(10-14)7-9-19(22)24-17/h2-12,23H,1H3. The van der Waals surface area contributed by atoms with Gasteiger partial charge in [0.25, 0.3) is 0 Å². The molecule has 5 nitrogen and oxygen atoms in total. The van der Waals surface area contributed by atoms with E-state index in [0.29, 0.717) is 21.8 Å². The van der Waals surface area contributed by atoms with Gasteiger partial charge in [-0.25, -0.2) is 9.78 Å². The first kappa shape index (κ1) is 17.2. The lowest BCUT2D eigenvalue weighted by molar-refractivity contribution is 0.0319. The Kier molecular flexibility index (Phi) is 4.38. The molecule has 0 saturated heterocycles. The number of Topliss-reactive ketones (excluding diaryl/α,β-unsaturated/α-hetero) is 1. The van der Waals surface area contributed by atoms with Gasteiger partial charge in [0.05, 0.1) is 11.1 Å². The highest BCUT2D eigenvalue weighted by molar-refractivity contribution is 6.29. The van der Waals surface area contributed by atoms with Crippen molar-refractivity contribution in [3.8, 4) is 0 Å². The van der Waals surface area contributed by atoms with Crippen molar-refractivity contribution in [1.82, 2.24) is 9.97 Å². The van der Waals surface area contributed by atoms with Crippen LogP contribution in [0.5, 0.6) is 0 Å². The lowest BCUT2D eigenvalue weighted by atomic mass is 10.1. The van der Waals surface area contributed by atoms with Gasteiger partial charge in [-0.05, 0) is 43.3 Å². The Hall–Kier alpha value is -3.18. The number of carbonyl (C=O) groups excluding carboxylic acids is 2. The SMILES string of the molecule is CC(OC(=O)c1ccc2nc(Cl)ccc2c1)C(=O)c1c[nH]c2ccccc12. The summed E-state index contributed by atoms with van der Waals surface area (Å²) in [7, 11) is 0. The van der Waals surface area contributed by atoms with Crippen LogP contribution < -0.4 is 0 Å². The van der Waals surface area contributed by atoms with Crippen LogP contribution in [-0.4, -0.2) is 27.8 Å². The number of para-hydroxylation sites is 1. The van der Waals surface area contributed by atoms with E-state index >= 15 is 0 Å². The van der Waals surface area contributed by atoms with Gasteiger partial charge in [0.2, 0.25) is 5.78 Å². The maximum Gasteiger partial charge on any atom is 0.338 e. The van der Waals surface area contributed by atoms with Gasteiger partial charge in [-0.15, -0.1) is 0 Å². The van der Waals surface area contributed by atoms with E-state index in [1.807, 2.05) is 24.3 Å². The zero-order chi connectivity index (χ0) is 19.0. The first-order valence-corrected chi connectivity index (χ1v) is 8.78. The molecule has 1 N–H and O–H groups in total. The predicted octanol–water partition coefficient (Wildman–Crippen LogP) is 4.80. The van der Waals surface area contributed by atoms with Gasteiger partial charge < -0.3 is 9.72 Å². The molecule has 0 fully saturated rings. The Bertz CT molecular complexity index is 1180. The summed E-state index contributed by atoms with van der Waals surface area (Å²) >= 11 is 5.87. The molecule has 2 aromatic heterocycles. The van der Waals surface area contributed by atoms with Crippen LogP contribution in [0.4, 0.5) is 0 Å². The van der Waals surface area contributed by atoms with Gasteiger partial charge in [0.15, 0.2) is 6.10 Å². The third-order valence-corrected chi connectivity index (χ3v) is 4.61. The molecule has 134 valence electrons. The molecule has 1 atom stereocenters. The number of rotatable bonds is 4. The van der Waals surface area contributed by atoms with Crippen molar-refractivity contribution in [2.45, 2.75) is 13.0 Å². The maximum absolute atomic E-state index is 12.7. The first-order valence-electron chi connectivity index (χ1n) is 8.40. The number of ketones is 1. The van der Waals surface area contributed by atoms with E-state index < -0.39 is 12.1 Å². The average molecular weight is 379 g/mol. The molecule has 0 bridgehead atoms. The third-order valence-electron chi connectivity index (χ3n) is 4.40. The molecule has 27 heavy (non-hydrogen) atoms. The molecular weight excluding hydrogens is 364 g/mol. The highest BCUT2D eigenvalue weighted by Gasteiger charge is 2.23. The molecule has 6 heteroatoms. The van der Waals surface area contributed by atoms with Gasteiger partial charge in [-0.1, -0.05) is 29.8 Å². The molecule has 0 spiro atoms. The summed E-state index contributed by atoms with van der Waals surface area (Å²) in [4.78, 5) is 32.4. The van der Waals surface area contributed by atoms with Crippen LogP contribution in [0.3, 0.4) is 0 Å². The molecule has 0 aliphatic carbocycles. The summed E-state index contributed by atoms with van der Waals surface area (Å²) < 4.78 is 5.39. The van der Waals surface area contributed by atoms with Crippen LogP contribution in [0.2, 0.25) is 5.15 Å². The Morgan fingerprint density at radius 1 is 1.11 bits per heavy atom. The first-order chi connectivity index (χ1) is 13.0. The van der Waals surface area contributed by atoms with Crippen LogP contribution in [0, 0.1) is 0 Å². The molecule has 4 aromatic rings. The number of H-pyrrole nitrogens is 1. The van der Waals surface area contributed by atoms with Crippen molar-refractivity contribution < 1.29 is 14.3 Å². The van der Waals surface area contributed by atoms with Gasteiger partial charge >= 0.3 is 5.97 Å². The third kappa shape index (κ3) is 3.29. The van der Waals surface area contributed by atoms with Crippen molar-refractivity contribution in [3.05, 3.63) is 77.1 Å². The largest absolute Gasteiger partial charge is 0.451 e. The van der Waals surface area contributed by atoms with Crippen LogP contribution in [0.1, 0.15) is 27.6 Å². The molecule has 2 heterocycles. The highest BCUT2D eigenvalue weighted by Crippen LogP contribution is 2.21. The fraction of sp³-hybridized carbons (Fsp3) is 0.0952. The number of nitrogens with one attached hydrogen (secondary N) is 1. The minimum atomic E-state index is -0.907. The number of ether oxygens (including phenoxy) is 1. The number of carbonyl (C=O) groups is 2. The Morgan fingerprint density at radius 3 is 2.78 bits per heavy atom. The molecule has 0 saturated carbocycles. The van der Waals surface area contributed by atoms with E-state index in [4.69, 9.17) is 16.3 Å². The van der Waals surface area contributed by atoms with Crippen molar-refractivity contribution in [2.24, 2.45) is 0 Å². The number of hydrogen-bond acceptors (Lipinski definition) is 4. The smallest absolute Gasteiger partial charge is 0.338 e. The minimum Gasteiger partial charge on any atom is -0.451 e. The van der Waals surface area contributed by atoms with Gasteiger partial charge in [-0.3, -0.25) is 4.79 Å². The fourth-order valence-electron chi connectivity index (χ4n) is 3.00. The second kappa shape index (κ2) is 6.85. The highest BCUT2D eigenvalue weighted by atomic mass is 35.5. The zero-order valence-corrected chi connectivity index (χ0v) is 15.2. The second-order valence-corrected chi connectivity index (χ2v) is 6.59. The van der Waals surface area contributed by atoms with E-state index in [2.05, 4.69) is 9.97 Å². The van der Waals surface area contributed by atoms with Crippen molar-refractivity contribution in [2.75, 3.05) is 0 Å². The summed E-state index contributed by atoms with van der Waals surface area (Å²) in [5, 5.41) is 1.96. The Balaban J connectivity index is 1.55. The van der Waals surface area contributed by atoms with Crippen LogP contribution in [0.25, 0.3) is 21.8 Å². The van der Waals surface area contributed by atoms with Crippen LogP contribution in [-0.2, 0) is 4.74 Å². The summed E-state index contributed by atoms with van der Waals surface area (Å²) in [6.45, 7) is 1.57. The van der Waals surface area contributed by atoms with E-state index in [9.17, 15) is 9.59 Å². The Morgan fingerprint density at radius 2 is 1.93 bits per heavy atom. The van der Waals surface area contributed by atoms with Crippen LogP contribution in [0.15, 0.2) is 60.8 Å². The summed E-state index contributed by atoms with van der Waals surface area (Å²) in [5.74, 6) is -0.817. The summed E-state index contributed by atoms with van der Waals surface area (Å²) in [5.41, 5.74) is 2.40. The summed E-state index contributed by atoms with van der Waals surface area (Å²) in [6.07, 6.45) is 0.735. The number of benzene rings is 2. The molecule has 2 aromatic carbocycles. The quantitative estimate of drug-likeness (QED) is 0.314. The average Bonchev–Trinajstić information content (AvgIpc) is 3.11. The van der Waals surface area contributed by atoms with Gasteiger partial charge in [0, 0.05) is 28.0 Å². The molecule has 0 amide bonds. The number of halogens is 1. The number of aromatic nitrogens is 2. The molecule has 0 aliphatic heterocycles. The minimum absolute atomic E-state index is 0.255. The second-order valence-electron chi connectivity index (χ2n) is 6.20. The molecule has 4 rings (SSSR count). The molecule has 0 radical (unpaired) electrons. The number of pyridine rings is 1. The number of aromatic amines is 1. The topological polar surface area (TPSA) is 72.0 Å². The van der Waals surface area contributed by atoms with E-state index in [-0.39, 0.29) is 5.78 Å². The lowest BCUT2D eigenvalue weighted by Crippen LogP contribution is -2.24. The summed E-state index contributed by atoms with van der Waals surface area (Å²) in [6, 6.07) is 15.9. The van der Waals surface area contributed by atoms with Gasteiger partial charge in [0.1, 0.15) is 5.15 Å². The fourth-order valence-corrected chi connectivity index (χ4v) is 3.16. The van der Waals surface area contributed by atoms with E-state index in [0.717, 1.165) is 16.3 Å². The van der Waals surface area contributed by atoms with E-state index in [1.165, 1.54) is 0 Å². The molecule has 0 aliphatic rings. The normalized spacial score (nSPS) is 12.2. The number of hydrogen-bond donors (Lipinski definition) is 1. The van der Waals surface area contributed by atoms with Crippen molar-refractivity contribution in [1.29, 1.82) is 0 Å². The molecular formula is C21H15ClN2O3. The monoisotopic (exact) mass is 378 g/mol. The number of esters is 1. The maximum atomic E-state index is 12.7. The predicted molar refractivity (Wildman–Crippen MR) is 104 cm³/mol. The van der Waals surface area contributed by atoms with E-state index in [1.54, 1.807) is 43.5 Å². The zero-order valence-electron chi connectivity index (χ0n) is 14.4. The Labute approximate surface area is 159 Å². The van der Waals surface area contributed by atoms with Gasteiger partial charge in [-0.2, -0.15) is 0 Å². The van der Waals surface area contributed by atoms with Crippen LogP contribution >= 0.6 is 11.6 Å². The lowest BCUT2D eigenvalue weighted by Gasteiger charge is -2.12. The molecule has 1 unspecified atom stereocenters. The number of nitrogens with zero attached hydrogens (tertiary/aromatic N) is 1. The van der Waals surface area contributed by atoms with Crippen molar-refractivity contribution in [3.63, 3.8) is 0 Å². The number of fused-ring (bicyclic) bond motifs is 2. The van der Waals surface area contributed by atoms with Crippen molar-refractivity contribution >= 4 is 45.2 Å².